The number of carbonyl (C=O) groups excluding carboxylic acids is 1. The summed E-state index contributed by atoms with van der Waals surface area (Å²) in [5.41, 5.74) is 2.98. The van der Waals surface area contributed by atoms with E-state index in [4.69, 9.17) is 11.6 Å². The predicted molar refractivity (Wildman–Crippen MR) is 125 cm³/mol. The molecule has 0 radical (unpaired) electrons. The first-order valence-corrected chi connectivity index (χ1v) is 11.5. The summed E-state index contributed by atoms with van der Waals surface area (Å²) in [5.74, 6) is 1.11. The summed E-state index contributed by atoms with van der Waals surface area (Å²) in [4.78, 5) is 12.9. The molecule has 0 aliphatic carbocycles. The SMILES string of the molecule is CCC(C)c1ccccc1NC(=O)C(C)Sc1nnc(-c2ccc(Cl)cc2)n1CC. The molecule has 1 N–H and O–H groups in total. The number of halogens is 1. The summed E-state index contributed by atoms with van der Waals surface area (Å²) in [7, 11) is 0. The van der Waals surface area contributed by atoms with Crippen molar-refractivity contribution in [3.8, 4) is 11.4 Å². The zero-order valence-corrected chi connectivity index (χ0v) is 19.3. The van der Waals surface area contributed by atoms with E-state index < -0.39 is 0 Å². The Morgan fingerprint density at radius 2 is 1.80 bits per heavy atom. The van der Waals surface area contributed by atoms with Crippen LogP contribution in [-0.4, -0.2) is 25.9 Å². The molecule has 2 atom stereocenters. The van der Waals surface area contributed by atoms with Crippen LogP contribution in [0.25, 0.3) is 11.4 Å². The third kappa shape index (κ3) is 5.05. The molecule has 5 nitrogen and oxygen atoms in total. The Balaban J connectivity index is 1.76. The van der Waals surface area contributed by atoms with Crippen molar-refractivity contribution in [1.82, 2.24) is 14.8 Å². The van der Waals surface area contributed by atoms with Crippen molar-refractivity contribution in [3.63, 3.8) is 0 Å². The van der Waals surface area contributed by atoms with Gasteiger partial charge >= 0.3 is 0 Å². The van der Waals surface area contributed by atoms with Crippen LogP contribution in [0.3, 0.4) is 0 Å². The molecule has 1 aromatic heterocycles. The summed E-state index contributed by atoms with van der Waals surface area (Å²) >= 11 is 7.41. The topological polar surface area (TPSA) is 59.8 Å². The van der Waals surface area contributed by atoms with E-state index in [1.54, 1.807) is 0 Å². The number of nitrogens with one attached hydrogen (secondary N) is 1. The number of hydrogen-bond donors (Lipinski definition) is 1. The Bertz CT molecular complexity index is 1000. The fraction of sp³-hybridized carbons (Fsp3) is 0.348. The minimum Gasteiger partial charge on any atom is -0.325 e. The van der Waals surface area contributed by atoms with Gasteiger partial charge in [-0.15, -0.1) is 10.2 Å². The van der Waals surface area contributed by atoms with Gasteiger partial charge in [0, 0.05) is 22.8 Å². The first-order chi connectivity index (χ1) is 14.4. The van der Waals surface area contributed by atoms with Gasteiger partial charge in [-0.05, 0) is 62.1 Å². The normalized spacial score (nSPS) is 13.1. The van der Waals surface area contributed by atoms with Crippen molar-refractivity contribution in [2.75, 3.05) is 5.32 Å². The second-order valence-electron chi connectivity index (χ2n) is 7.20. The van der Waals surface area contributed by atoms with Crippen molar-refractivity contribution in [1.29, 1.82) is 0 Å². The Hall–Kier alpha value is -2.31. The highest BCUT2D eigenvalue weighted by molar-refractivity contribution is 8.00. The third-order valence-corrected chi connectivity index (χ3v) is 6.48. The monoisotopic (exact) mass is 442 g/mol. The molecule has 2 unspecified atom stereocenters. The lowest BCUT2D eigenvalue weighted by Gasteiger charge is -2.17. The quantitative estimate of drug-likeness (QED) is 0.419. The molecular formula is C23H27ClN4OS. The third-order valence-electron chi connectivity index (χ3n) is 5.15. The van der Waals surface area contributed by atoms with Gasteiger partial charge in [0.05, 0.1) is 5.25 Å². The Kier molecular flexibility index (Phi) is 7.56. The fourth-order valence-corrected chi connectivity index (χ4v) is 4.22. The van der Waals surface area contributed by atoms with Crippen LogP contribution in [0.1, 0.15) is 45.6 Å². The van der Waals surface area contributed by atoms with E-state index in [2.05, 4.69) is 35.4 Å². The zero-order valence-electron chi connectivity index (χ0n) is 17.7. The minimum absolute atomic E-state index is 0.0468. The van der Waals surface area contributed by atoms with Crippen LogP contribution in [0.5, 0.6) is 0 Å². The van der Waals surface area contributed by atoms with Gasteiger partial charge in [0.15, 0.2) is 11.0 Å². The van der Waals surface area contributed by atoms with Gasteiger partial charge < -0.3 is 9.88 Å². The van der Waals surface area contributed by atoms with E-state index in [1.165, 1.54) is 11.8 Å². The number of para-hydroxylation sites is 1. The first kappa shape index (κ1) is 22.4. The molecule has 0 saturated heterocycles. The van der Waals surface area contributed by atoms with Crippen LogP contribution < -0.4 is 5.32 Å². The molecule has 0 spiro atoms. The maximum Gasteiger partial charge on any atom is 0.237 e. The maximum absolute atomic E-state index is 12.9. The predicted octanol–water partition coefficient (Wildman–Crippen LogP) is 6.25. The molecular weight excluding hydrogens is 416 g/mol. The van der Waals surface area contributed by atoms with Crippen LogP contribution in [-0.2, 0) is 11.3 Å². The van der Waals surface area contributed by atoms with Crippen molar-refractivity contribution in [2.45, 2.75) is 57.0 Å². The van der Waals surface area contributed by atoms with E-state index in [0.717, 1.165) is 34.2 Å². The lowest BCUT2D eigenvalue weighted by molar-refractivity contribution is -0.115. The van der Waals surface area contributed by atoms with Gasteiger partial charge in [-0.1, -0.05) is 55.4 Å². The number of benzene rings is 2. The van der Waals surface area contributed by atoms with Crippen molar-refractivity contribution < 1.29 is 4.79 Å². The van der Waals surface area contributed by atoms with E-state index in [1.807, 2.05) is 60.9 Å². The van der Waals surface area contributed by atoms with E-state index >= 15 is 0 Å². The number of amides is 1. The lowest BCUT2D eigenvalue weighted by atomic mass is 9.97. The molecule has 30 heavy (non-hydrogen) atoms. The summed E-state index contributed by atoms with van der Waals surface area (Å²) < 4.78 is 2.02. The summed E-state index contributed by atoms with van der Waals surface area (Å²) in [5, 5.41) is 12.9. The number of anilines is 1. The highest BCUT2D eigenvalue weighted by Crippen LogP contribution is 2.30. The number of aromatic nitrogens is 3. The summed E-state index contributed by atoms with van der Waals surface area (Å²) in [6.45, 7) is 8.96. The molecule has 0 aliphatic rings. The molecule has 2 aromatic carbocycles. The van der Waals surface area contributed by atoms with Crippen molar-refractivity contribution >= 4 is 35.0 Å². The minimum atomic E-state index is -0.317. The van der Waals surface area contributed by atoms with E-state index in [0.29, 0.717) is 17.5 Å². The fourth-order valence-electron chi connectivity index (χ4n) is 3.18. The molecule has 7 heteroatoms. The van der Waals surface area contributed by atoms with Gasteiger partial charge in [0.25, 0.3) is 0 Å². The van der Waals surface area contributed by atoms with E-state index in [9.17, 15) is 4.79 Å². The maximum atomic E-state index is 12.9. The number of nitrogens with zero attached hydrogens (tertiary/aromatic N) is 3. The van der Waals surface area contributed by atoms with Crippen LogP contribution in [0.2, 0.25) is 5.02 Å². The average Bonchev–Trinajstić information content (AvgIpc) is 3.16. The van der Waals surface area contributed by atoms with Gasteiger partial charge in [-0.2, -0.15) is 0 Å². The molecule has 0 aliphatic heterocycles. The standard InChI is InChI=1S/C23H27ClN4OS/c1-5-15(3)19-9-7-8-10-20(19)25-22(29)16(4)30-23-27-26-21(28(23)6-2)17-11-13-18(24)14-12-17/h7-16H,5-6H2,1-4H3,(H,25,29). The van der Waals surface area contributed by atoms with Crippen LogP contribution in [0.15, 0.2) is 53.7 Å². The molecule has 0 fully saturated rings. The van der Waals surface area contributed by atoms with Gasteiger partial charge in [0.1, 0.15) is 0 Å². The number of carbonyl (C=O) groups is 1. The van der Waals surface area contributed by atoms with Crippen LogP contribution in [0.4, 0.5) is 5.69 Å². The molecule has 3 rings (SSSR count). The van der Waals surface area contributed by atoms with Gasteiger partial charge in [0.2, 0.25) is 5.91 Å². The highest BCUT2D eigenvalue weighted by atomic mass is 35.5. The highest BCUT2D eigenvalue weighted by Gasteiger charge is 2.21. The van der Waals surface area contributed by atoms with E-state index in [-0.39, 0.29) is 11.2 Å². The second-order valence-corrected chi connectivity index (χ2v) is 8.95. The van der Waals surface area contributed by atoms with Gasteiger partial charge in [-0.25, -0.2) is 0 Å². The second kappa shape index (κ2) is 10.1. The Morgan fingerprint density at radius 1 is 1.10 bits per heavy atom. The largest absolute Gasteiger partial charge is 0.325 e. The summed E-state index contributed by atoms with van der Waals surface area (Å²) in [6.07, 6.45) is 1.02. The van der Waals surface area contributed by atoms with Crippen LogP contribution in [0, 0.1) is 0 Å². The van der Waals surface area contributed by atoms with Gasteiger partial charge in [-0.3, -0.25) is 4.79 Å². The van der Waals surface area contributed by atoms with Crippen molar-refractivity contribution in [3.05, 3.63) is 59.1 Å². The Labute approximate surface area is 187 Å². The molecule has 0 bridgehead atoms. The molecule has 1 heterocycles. The number of hydrogen-bond acceptors (Lipinski definition) is 4. The molecule has 1 amide bonds. The molecule has 158 valence electrons. The molecule has 3 aromatic rings. The Morgan fingerprint density at radius 3 is 2.47 bits per heavy atom. The average molecular weight is 443 g/mol. The zero-order chi connectivity index (χ0) is 21.7. The van der Waals surface area contributed by atoms with Crippen molar-refractivity contribution in [2.24, 2.45) is 0 Å². The summed E-state index contributed by atoms with van der Waals surface area (Å²) in [6, 6.07) is 15.5. The molecule has 0 saturated carbocycles. The first-order valence-electron chi connectivity index (χ1n) is 10.2. The number of thioether (sulfide) groups is 1. The number of rotatable bonds is 8. The van der Waals surface area contributed by atoms with Crippen LogP contribution >= 0.6 is 23.4 Å². The smallest absolute Gasteiger partial charge is 0.237 e. The lowest BCUT2D eigenvalue weighted by Crippen LogP contribution is -2.23.